The highest BCUT2D eigenvalue weighted by Crippen LogP contribution is 2.20. The molecule has 0 spiro atoms. The van der Waals surface area contributed by atoms with E-state index in [-0.39, 0.29) is 11.9 Å². The van der Waals surface area contributed by atoms with E-state index in [0.29, 0.717) is 5.56 Å². The number of nitrogens with zero attached hydrogens (tertiary/aromatic N) is 2. The number of hydrogen-bond acceptors (Lipinski definition) is 3. The summed E-state index contributed by atoms with van der Waals surface area (Å²) in [4.78, 5) is 16.1. The Labute approximate surface area is 108 Å². The highest BCUT2D eigenvalue weighted by Gasteiger charge is 2.22. The summed E-state index contributed by atoms with van der Waals surface area (Å²) in [6.45, 7) is 0. The van der Waals surface area contributed by atoms with Gasteiger partial charge in [0.25, 0.3) is 5.91 Å². The third-order valence-electron chi connectivity index (χ3n) is 3.63. The molecular formula is C14H21N3O. The van der Waals surface area contributed by atoms with Gasteiger partial charge in [-0.2, -0.15) is 0 Å². The quantitative estimate of drug-likeness (QED) is 0.496. The third kappa shape index (κ3) is 3.29. The minimum atomic E-state index is -0.0945. The van der Waals surface area contributed by atoms with Crippen molar-refractivity contribution in [3.05, 3.63) is 30.1 Å². The van der Waals surface area contributed by atoms with E-state index >= 15 is 0 Å². The second kappa shape index (κ2) is 6.50. The van der Waals surface area contributed by atoms with E-state index in [0.717, 1.165) is 12.8 Å². The smallest absolute Gasteiger partial charge is 0.268 e. The number of pyridine rings is 1. The maximum atomic E-state index is 12.2. The third-order valence-corrected chi connectivity index (χ3v) is 3.63. The summed E-state index contributed by atoms with van der Waals surface area (Å²) in [6.07, 6.45) is 11.5. The Morgan fingerprint density at radius 1 is 1.11 bits per heavy atom. The van der Waals surface area contributed by atoms with Gasteiger partial charge in [-0.25, -0.2) is 5.84 Å². The van der Waals surface area contributed by atoms with Crippen molar-refractivity contribution in [3.8, 4) is 0 Å². The van der Waals surface area contributed by atoms with Crippen molar-refractivity contribution in [3.63, 3.8) is 0 Å². The maximum Gasteiger partial charge on any atom is 0.268 e. The average Bonchev–Trinajstić information content (AvgIpc) is 2.38. The molecular weight excluding hydrogens is 226 g/mol. The monoisotopic (exact) mass is 247 g/mol. The zero-order chi connectivity index (χ0) is 12.8. The van der Waals surface area contributed by atoms with Crippen molar-refractivity contribution in [2.75, 3.05) is 0 Å². The zero-order valence-electron chi connectivity index (χ0n) is 10.7. The Kier molecular flexibility index (Phi) is 4.70. The molecule has 0 aromatic carbocycles. The van der Waals surface area contributed by atoms with E-state index in [1.54, 1.807) is 24.5 Å². The normalized spacial score (nSPS) is 17.8. The minimum absolute atomic E-state index is 0.0945. The summed E-state index contributed by atoms with van der Waals surface area (Å²) in [5, 5.41) is 1.43. The van der Waals surface area contributed by atoms with E-state index in [1.165, 1.54) is 37.1 Å². The molecule has 0 bridgehead atoms. The number of amides is 1. The van der Waals surface area contributed by atoms with Crippen LogP contribution in [0.5, 0.6) is 0 Å². The number of carbonyl (C=O) groups is 1. The van der Waals surface area contributed by atoms with Crippen molar-refractivity contribution in [2.24, 2.45) is 5.84 Å². The zero-order valence-corrected chi connectivity index (χ0v) is 10.7. The Hall–Kier alpha value is -1.42. The standard InChI is InChI=1S/C14H21N3O/c15-17(13-6-4-2-1-3-5-7-13)14(18)12-8-10-16-11-9-12/h8-11,13H,1-7,15H2. The van der Waals surface area contributed by atoms with Crippen LogP contribution >= 0.6 is 0 Å². The van der Waals surface area contributed by atoms with Crippen molar-refractivity contribution < 1.29 is 4.79 Å². The number of rotatable bonds is 2. The largest absolute Gasteiger partial charge is 0.274 e. The molecule has 4 nitrogen and oxygen atoms in total. The molecule has 4 heteroatoms. The van der Waals surface area contributed by atoms with Gasteiger partial charge in [-0.3, -0.25) is 14.8 Å². The predicted molar refractivity (Wildman–Crippen MR) is 70.7 cm³/mol. The Bertz CT molecular complexity index is 372. The molecule has 1 aliphatic carbocycles. The van der Waals surface area contributed by atoms with Crippen LogP contribution in [0, 0.1) is 0 Å². The lowest BCUT2D eigenvalue weighted by molar-refractivity contribution is 0.0646. The number of hydrazine groups is 1. The fourth-order valence-corrected chi connectivity index (χ4v) is 2.52. The Balaban J connectivity index is 2.00. The van der Waals surface area contributed by atoms with Crippen molar-refractivity contribution in [1.82, 2.24) is 9.99 Å². The molecule has 0 aliphatic heterocycles. The van der Waals surface area contributed by atoms with Crippen LogP contribution < -0.4 is 5.84 Å². The molecule has 0 unspecified atom stereocenters. The lowest BCUT2D eigenvalue weighted by Crippen LogP contribution is -2.45. The molecule has 0 atom stereocenters. The molecule has 1 amide bonds. The van der Waals surface area contributed by atoms with Crippen molar-refractivity contribution >= 4 is 5.91 Å². The molecule has 1 aromatic rings. The SMILES string of the molecule is NN(C(=O)c1ccncc1)C1CCCCCCC1. The van der Waals surface area contributed by atoms with Gasteiger partial charge in [0.2, 0.25) is 0 Å². The summed E-state index contributed by atoms with van der Waals surface area (Å²) in [5.41, 5.74) is 0.620. The van der Waals surface area contributed by atoms with Gasteiger partial charge in [-0.15, -0.1) is 0 Å². The Morgan fingerprint density at radius 2 is 1.67 bits per heavy atom. The van der Waals surface area contributed by atoms with Crippen molar-refractivity contribution in [1.29, 1.82) is 0 Å². The van der Waals surface area contributed by atoms with Crippen molar-refractivity contribution in [2.45, 2.75) is 51.0 Å². The first kappa shape index (κ1) is 13.0. The first-order valence-corrected chi connectivity index (χ1v) is 6.77. The number of carbonyl (C=O) groups excluding carboxylic acids is 1. The molecule has 18 heavy (non-hydrogen) atoms. The number of hydrogen-bond donors (Lipinski definition) is 1. The lowest BCUT2D eigenvalue weighted by atomic mass is 9.96. The molecule has 2 rings (SSSR count). The number of aromatic nitrogens is 1. The van der Waals surface area contributed by atoms with Gasteiger partial charge in [0, 0.05) is 24.0 Å². The van der Waals surface area contributed by atoms with E-state index in [2.05, 4.69) is 4.98 Å². The van der Waals surface area contributed by atoms with Crippen LogP contribution in [0.15, 0.2) is 24.5 Å². The molecule has 1 fully saturated rings. The van der Waals surface area contributed by atoms with Crippen LogP contribution in [-0.2, 0) is 0 Å². The van der Waals surface area contributed by atoms with Gasteiger partial charge in [0.05, 0.1) is 0 Å². The van der Waals surface area contributed by atoms with E-state index in [4.69, 9.17) is 5.84 Å². The van der Waals surface area contributed by atoms with Crippen LogP contribution in [0.1, 0.15) is 55.3 Å². The molecule has 98 valence electrons. The summed E-state index contributed by atoms with van der Waals surface area (Å²) in [7, 11) is 0. The number of nitrogens with two attached hydrogens (primary N) is 1. The molecule has 1 aromatic heterocycles. The van der Waals surface area contributed by atoms with Crippen LogP contribution in [0.2, 0.25) is 0 Å². The van der Waals surface area contributed by atoms with E-state index in [1.807, 2.05) is 0 Å². The van der Waals surface area contributed by atoms with Gasteiger partial charge in [0.1, 0.15) is 0 Å². The highest BCUT2D eigenvalue weighted by molar-refractivity contribution is 5.93. The second-order valence-corrected chi connectivity index (χ2v) is 4.95. The topological polar surface area (TPSA) is 59.2 Å². The van der Waals surface area contributed by atoms with Gasteiger partial charge in [-0.05, 0) is 25.0 Å². The highest BCUT2D eigenvalue weighted by atomic mass is 16.2. The first-order valence-electron chi connectivity index (χ1n) is 6.77. The van der Waals surface area contributed by atoms with Crippen LogP contribution in [-0.4, -0.2) is 21.9 Å². The average molecular weight is 247 g/mol. The van der Waals surface area contributed by atoms with E-state index in [9.17, 15) is 4.79 Å². The van der Waals surface area contributed by atoms with Crippen LogP contribution in [0.25, 0.3) is 0 Å². The van der Waals surface area contributed by atoms with Crippen LogP contribution in [0.3, 0.4) is 0 Å². The molecule has 0 radical (unpaired) electrons. The minimum Gasteiger partial charge on any atom is -0.274 e. The molecule has 1 heterocycles. The predicted octanol–water partition coefficient (Wildman–Crippen LogP) is 2.51. The van der Waals surface area contributed by atoms with Gasteiger partial charge in [0.15, 0.2) is 0 Å². The summed E-state index contributed by atoms with van der Waals surface area (Å²) in [5.74, 6) is 5.91. The first-order chi connectivity index (χ1) is 8.79. The molecule has 2 N–H and O–H groups in total. The maximum absolute atomic E-state index is 12.2. The second-order valence-electron chi connectivity index (χ2n) is 4.95. The molecule has 1 aliphatic rings. The van der Waals surface area contributed by atoms with Gasteiger partial charge in [-0.1, -0.05) is 32.1 Å². The Morgan fingerprint density at radius 3 is 2.28 bits per heavy atom. The van der Waals surface area contributed by atoms with Gasteiger partial charge >= 0.3 is 0 Å². The summed E-state index contributed by atoms with van der Waals surface area (Å²) < 4.78 is 0. The lowest BCUT2D eigenvalue weighted by Gasteiger charge is -2.29. The fraction of sp³-hybridized carbons (Fsp3) is 0.571. The summed E-state index contributed by atoms with van der Waals surface area (Å²) >= 11 is 0. The van der Waals surface area contributed by atoms with Gasteiger partial charge < -0.3 is 0 Å². The summed E-state index contributed by atoms with van der Waals surface area (Å²) in [6, 6.07) is 3.61. The molecule has 0 saturated heterocycles. The molecule has 1 saturated carbocycles. The fourth-order valence-electron chi connectivity index (χ4n) is 2.52. The van der Waals surface area contributed by atoms with Crippen LogP contribution in [0.4, 0.5) is 0 Å². The van der Waals surface area contributed by atoms with E-state index < -0.39 is 0 Å².